The minimum Gasteiger partial charge on any atom is -0.350 e. The van der Waals surface area contributed by atoms with E-state index in [-0.39, 0.29) is 5.82 Å². The second-order valence-corrected chi connectivity index (χ2v) is 8.53. The van der Waals surface area contributed by atoms with E-state index in [0.717, 1.165) is 60.6 Å². The van der Waals surface area contributed by atoms with Gasteiger partial charge in [-0.1, -0.05) is 35.9 Å². The maximum Gasteiger partial charge on any atom is 0.225 e. The highest BCUT2D eigenvalue weighted by Gasteiger charge is 2.21. The molecule has 0 saturated carbocycles. The number of halogens is 2. The monoisotopic (exact) mass is 450 g/mol. The quantitative estimate of drug-likeness (QED) is 0.437. The molecular weight excluding hydrogens is 427 g/mol. The fourth-order valence-electron chi connectivity index (χ4n) is 4.19. The van der Waals surface area contributed by atoms with Gasteiger partial charge in [-0.25, -0.2) is 14.4 Å². The second-order valence-electron chi connectivity index (χ2n) is 8.12. The summed E-state index contributed by atoms with van der Waals surface area (Å²) < 4.78 is 15.6. The lowest BCUT2D eigenvalue weighted by molar-refractivity contribution is 0.341. The van der Waals surface area contributed by atoms with E-state index < -0.39 is 0 Å². The van der Waals surface area contributed by atoms with Crippen molar-refractivity contribution in [2.75, 3.05) is 18.4 Å². The third-order valence-corrected chi connectivity index (χ3v) is 6.11. The van der Waals surface area contributed by atoms with Gasteiger partial charge in [-0.15, -0.1) is 0 Å². The van der Waals surface area contributed by atoms with Crippen molar-refractivity contribution >= 4 is 28.7 Å². The number of anilines is 1. The molecule has 3 heterocycles. The van der Waals surface area contributed by atoms with Crippen LogP contribution in [0.15, 0.2) is 54.7 Å². The molecule has 5 rings (SSSR count). The summed E-state index contributed by atoms with van der Waals surface area (Å²) in [6.45, 7) is 3.26. The number of hydrogen-bond donors (Lipinski definition) is 2. The SMILES string of the molecule is Fc1cccc(CNc2ncc3nc(-c4ccccc4Cl)n(C[C@@H]4CCCNC4)c3n2)c1. The molecule has 1 saturated heterocycles. The smallest absolute Gasteiger partial charge is 0.225 e. The number of nitrogens with zero attached hydrogens (tertiary/aromatic N) is 4. The van der Waals surface area contributed by atoms with E-state index in [1.807, 2.05) is 30.3 Å². The number of piperidine rings is 1. The van der Waals surface area contributed by atoms with Gasteiger partial charge < -0.3 is 15.2 Å². The highest BCUT2D eigenvalue weighted by Crippen LogP contribution is 2.31. The van der Waals surface area contributed by atoms with Crippen LogP contribution in [0, 0.1) is 11.7 Å². The normalized spacial score (nSPS) is 16.4. The molecule has 1 aliphatic heterocycles. The zero-order chi connectivity index (χ0) is 21.9. The largest absolute Gasteiger partial charge is 0.350 e. The third-order valence-electron chi connectivity index (χ3n) is 5.78. The van der Waals surface area contributed by atoms with Crippen LogP contribution in [0.1, 0.15) is 18.4 Å². The molecule has 0 radical (unpaired) electrons. The predicted molar refractivity (Wildman–Crippen MR) is 125 cm³/mol. The molecule has 1 fully saturated rings. The Morgan fingerprint density at radius 1 is 1.16 bits per heavy atom. The van der Waals surface area contributed by atoms with Crippen LogP contribution in [-0.4, -0.2) is 32.6 Å². The average Bonchev–Trinajstić information content (AvgIpc) is 3.16. The van der Waals surface area contributed by atoms with Gasteiger partial charge in [-0.3, -0.25) is 0 Å². The molecule has 1 atom stereocenters. The number of imidazole rings is 1. The van der Waals surface area contributed by atoms with E-state index in [0.29, 0.717) is 23.4 Å². The Hall–Kier alpha value is -3.03. The van der Waals surface area contributed by atoms with E-state index in [9.17, 15) is 4.39 Å². The van der Waals surface area contributed by atoms with Gasteiger partial charge in [0, 0.05) is 18.7 Å². The Morgan fingerprint density at radius 2 is 2.06 bits per heavy atom. The lowest BCUT2D eigenvalue weighted by atomic mass is 9.99. The van der Waals surface area contributed by atoms with Gasteiger partial charge in [0.15, 0.2) is 5.65 Å². The fraction of sp³-hybridized carbons (Fsp3) is 0.292. The van der Waals surface area contributed by atoms with Crippen LogP contribution < -0.4 is 10.6 Å². The van der Waals surface area contributed by atoms with Gasteiger partial charge in [-0.05, 0) is 61.7 Å². The van der Waals surface area contributed by atoms with Gasteiger partial charge in [0.25, 0.3) is 0 Å². The van der Waals surface area contributed by atoms with E-state index in [1.165, 1.54) is 12.1 Å². The van der Waals surface area contributed by atoms with E-state index in [4.69, 9.17) is 21.6 Å². The molecule has 32 heavy (non-hydrogen) atoms. The van der Waals surface area contributed by atoms with Crippen LogP contribution in [0.3, 0.4) is 0 Å². The Bertz CT molecular complexity index is 1230. The van der Waals surface area contributed by atoms with E-state index in [1.54, 1.807) is 12.3 Å². The first-order chi connectivity index (χ1) is 15.7. The van der Waals surface area contributed by atoms with Crippen LogP contribution >= 0.6 is 11.6 Å². The molecule has 4 aromatic rings. The number of aromatic nitrogens is 4. The maximum absolute atomic E-state index is 13.5. The standard InChI is InChI=1S/C24H24ClFN6/c25-20-9-2-1-8-19(20)22-30-21-14-29-24(28-13-16-5-3-7-18(26)11-16)31-23(21)32(22)15-17-6-4-10-27-12-17/h1-3,5,7-9,11,14,17,27H,4,6,10,12-13,15H2,(H,28,29,31)/t17-/m1/s1. The summed E-state index contributed by atoms with van der Waals surface area (Å²) in [4.78, 5) is 14.0. The summed E-state index contributed by atoms with van der Waals surface area (Å²) in [7, 11) is 0. The molecule has 0 unspecified atom stereocenters. The summed E-state index contributed by atoms with van der Waals surface area (Å²) in [5.74, 6) is 1.51. The first kappa shape index (κ1) is 20.8. The summed E-state index contributed by atoms with van der Waals surface area (Å²) in [5.41, 5.74) is 3.19. The summed E-state index contributed by atoms with van der Waals surface area (Å²) in [5, 5.41) is 7.34. The molecule has 8 heteroatoms. The predicted octanol–water partition coefficient (Wildman–Crippen LogP) is 4.90. The molecule has 0 spiro atoms. The van der Waals surface area contributed by atoms with Gasteiger partial charge in [0.05, 0.1) is 11.2 Å². The summed E-state index contributed by atoms with van der Waals surface area (Å²) in [6.07, 6.45) is 4.05. The third kappa shape index (κ3) is 4.45. The molecule has 6 nitrogen and oxygen atoms in total. The fourth-order valence-corrected chi connectivity index (χ4v) is 4.41. The highest BCUT2D eigenvalue weighted by atomic mass is 35.5. The maximum atomic E-state index is 13.5. The van der Waals surface area contributed by atoms with Crippen LogP contribution in [0.2, 0.25) is 5.02 Å². The Balaban J connectivity index is 1.51. The van der Waals surface area contributed by atoms with Crippen molar-refractivity contribution < 1.29 is 4.39 Å². The highest BCUT2D eigenvalue weighted by molar-refractivity contribution is 6.33. The molecule has 0 amide bonds. The van der Waals surface area contributed by atoms with E-state index in [2.05, 4.69) is 20.2 Å². The number of hydrogen-bond acceptors (Lipinski definition) is 5. The molecule has 0 bridgehead atoms. The molecular formula is C24H24ClFN6. The van der Waals surface area contributed by atoms with Crippen LogP contribution in [0.4, 0.5) is 10.3 Å². The Kier molecular flexibility index (Phi) is 6.01. The van der Waals surface area contributed by atoms with Crippen molar-refractivity contribution in [2.24, 2.45) is 5.92 Å². The van der Waals surface area contributed by atoms with Crippen molar-refractivity contribution in [3.63, 3.8) is 0 Å². The Labute approximate surface area is 190 Å². The van der Waals surface area contributed by atoms with Crippen LogP contribution in [0.5, 0.6) is 0 Å². The number of rotatable bonds is 6. The van der Waals surface area contributed by atoms with Crippen LogP contribution in [-0.2, 0) is 13.1 Å². The molecule has 1 aliphatic rings. The van der Waals surface area contributed by atoms with Crippen molar-refractivity contribution in [3.8, 4) is 11.4 Å². The number of nitrogens with one attached hydrogen (secondary N) is 2. The minimum atomic E-state index is -0.260. The Morgan fingerprint density at radius 3 is 2.88 bits per heavy atom. The topological polar surface area (TPSA) is 67.7 Å². The zero-order valence-electron chi connectivity index (χ0n) is 17.6. The zero-order valence-corrected chi connectivity index (χ0v) is 18.3. The first-order valence-electron chi connectivity index (χ1n) is 10.8. The number of fused-ring (bicyclic) bond motifs is 1. The minimum absolute atomic E-state index is 0.260. The lowest BCUT2D eigenvalue weighted by Crippen LogP contribution is -2.32. The van der Waals surface area contributed by atoms with Crippen molar-refractivity contribution in [3.05, 3.63) is 71.1 Å². The molecule has 0 aliphatic carbocycles. The van der Waals surface area contributed by atoms with E-state index >= 15 is 0 Å². The summed E-state index contributed by atoms with van der Waals surface area (Å²) >= 11 is 6.52. The van der Waals surface area contributed by atoms with Gasteiger partial charge >= 0.3 is 0 Å². The molecule has 164 valence electrons. The van der Waals surface area contributed by atoms with Gasteiger partial charge in [0.1, 0.15) is 17.2 Å². The van der Waals surface area contributed by atoms with Crippen LogP contribution in [0.25, 0.3) is 22.6 Å². The van der Waals surface area contributed by atoms with Gasteiger partial charge in [0.2, 0.25) is 5.95 Å². The average molecular weight is 451 g/mol. The van der Waals surface area contributed by atoms with Crippen molar-refractivity contribution in [1.82, 2.24) is 24.8 Å². The number of benzene rings is 2. The second kappa shape index (κ2) is 9.22. The van der Waals surface area contributed by atoms with Crippen molar-refractivity contribution in [2.45, 2.75) is 25.9 Å². The lowest BCUT2D eigenvalue weighted by Gasteiger charge is -2.24. The molecule has 2 aromatic carbocycles. The summed E-state index contributed by atoms with van der Waals surface area (Å²) in [6, 6.07) is 14.2. The molecule has 2 aromatic heterocycles. The first-order valence-corrected chi connectivity index (χ1v) is 11.2. The van der Waals surface area contributed by atoms with Crippen molar-refractivity contribution in [1.29, 1.82) is 0 Å². The van der Waals surface area contributed by atoms with Gasteiger partial charge in [-0.2, -0.15) is 4.98 Å². The molecule has 2 N–H and O–H groups in total.